The predicted molar refractivity (Wildman–Crippen MR) is 109 cm³/mol. The first kappa shape index (κ1) is 18.3. The third kappa shape index (κ3) is 4.09. The lowest BCUT2D eigenvalue weighted by molar-refractivity contribution is -0.122. The Labute approximate surface area is 164 Å². The van der Waals surface area contributed by atoms with E-state index in [1.54, 1.807) is 18.6 Å². The fourth-order valence-corrected chi connectivity index (χ4v) is 3.56. The molecule has 3 heterocycles. The van der Waals surface area contributed by atoms with Crippen LogP contribution in [0.2, 0.25) is 0 Å². The molecule has 1 aromatic carbocycles. The van der Waals surface area contributed by atoms with Crippen molar-refractivity contribution in [1.29, 1.82) is 0 Å². The van der Waals surface area contributed by atoms with E-state index in [0.717, 1.165) is 54.2 Å². The lowest BCUT2D eigenvalue weighted by Crippen LogP contribution is -2.49. The van der Waals surface area contributed by atoms with Crippen LogP contribution in [0.1, 0.15) is 11.1 Å². The van der Waals surface area contributed by atoms with Gasteiger partial charge in [0.1, 0.15) is 0 Å². The van der Waals surface area contributed by atoms with Crippen LogP contribution in [0.15, 0.2) is 48.9 Å². The lowest BCUT2D eigenvalue weighted by atomic mass is 10.0. The molecule has 0 unspecified atom stereocenters. The zero-order valence-corrected chi connectivity index (χ0v) is 16.0. The smallest absolute Gasteiger partial charge is 0.234 e. The monoisotopic (exact) mass is 376 g/mol. The van der Waals surface area contributed by atoms with Gasteiger partial charge in [-0.15, -0.1) is 0 Å². The molecule has 7 heteroatoms. The van der Waals surface area contributed by atoms with E-state index in [9.17, 15) is 4.79 Å². The van der Waals surface area contributed by atoms with E-state index in [-0.39, 0.29) is 5.91 Å². The minimum Gasteiger partial charge on any atom is -0.351 e. The molecule has 0 bridgehead atoms. The SMILES string of the molecule is Cc1ccc2ncccc2c1CNC(=O)CN1CCN(c2ncccn2)CC1. The molecule has 0 spiro atoms. The summed E-state index contributed by atoms with van der Waals surface area (Å²) in [5, 5.41) is 4.17. The number of hydrogen-bond donors (Lipinski definition) is 1. The van der Waals surface area contributed by atoms with E-state index in [1.165, 1.54) is 0 Å². The van der Waals surface area contributed by atoms with Gasteiger partial charge in [0.05, 0.1) is 12.1 Å². The molecule has 0 atom stereocenters. The van der Waals surface area contributed by atoms with Gasteiger partial charge in [-0.2, -0.15) is 0 Å². The summed E-state index contributed by atoms with van der Waals surface area (Å²) in [6.07, 6.45) is 5.31. The maximum Gasteiger partial charge on any atom is 0.234 e. The van der Waals surface area contributed by atoms with Crippen LogP contribution in [0.4, 0.5) is 5.95 Å². The van der Waals surface area contributed by atoms with Gasteiger partial charge in [0.2, 0.25) is 11.9 Å². The van der Waals surface area contributed by atoms with Crippen LogP contribution in [0.5, 0.6) is 0 Å². The number of nitrogens with one attached hydrogen (secondary N) is 1. The van der Waals surface area contributed by atoms with Crippen LogP contribution in [0.25, 0.3) is 10.9 Å². The third-order valence-electron chi connectivity index (χ3n) is 5.17. The van der Waals surface area contributed by atoms with E-state index in [1.807, 2.05) is 18.2 Å². The number of nitrogens with zero attached hydrogens (tertiary/aromatic N) is 5. The molecule has 1 N–H and O–H groups in total. The van der Waals surface area contributed by atoms with Crippen molar-refractivity contribution >= 4 is 22.8 Å². The number of hydrogen-bond acceptors (Lipinski definition) is 6. The Hall–Kier alpha value is -3.06. The quantitative estimate of drug-likeness (QED) is 0.732. The Morgan fingerprint density at radius 1 is 1.00 bits per heavy atom. The fraction of sp³-hybridized carbons (Fsp3) is 0.333. The molecule has 2 aromatic heterocycles. The van der Waals surface area contributed by atoms with Crippen molar-refractivity contribution in [3.8, 4) is 0 Å². The standard InChI is InChI=1S/C21H24N6O/c1-16-5-6-19-17(4-2-7-22-19)18(16)14-25-20(28)15-26-10-12-27(13-11-26)21-23-8-3-9-24-21/h2-9H,10-15H2,1H3,(H,25,28). The van der Waals surface area contributed by atoms with Crippen LogP contribution < -0.4 is 10.2 Å². The van der Waals surface area contributed by atoms with Crippen molar-refractivity contribution in [3.63, 3.8) is 0 Å². The molecule has 144 valence electrons. The average molecular weight is 376 g/mol. The summed E-state index contributed by atoms with van der Waals surface area (Å²) >= 11 is 0. The first-order valence-electron chi connectivity index (χ1n) is 9.55. The van der Waals surface area contributed by atoms with Crippen LogP contribution >= 0.6 is 0 Å². The molecule has 1 fully saturated rings. The Bertz CT molecular complexity index is 954. The molecule has 3 aromatic rings. The Kier molecular flexibility index (Phi) is 5.43. The van der Waals surface area contributed by atoms with Gasteiger partial charge in [0.25, 0.3) is 0 Å². The summed E-state index contributed by atoms with van der Waals surface area (Å²) in [5.41, 5.74) is 3.25. The molecule has 0 radical (unpaired) electrons. The van der Waals surface area contributed by atoms with E-state index in [2.05, 4.69) is 49.1 Å². The first-order chi connectivity index (χ1) is 13.7. The summed E-state index contributed by atoms with van der Waals surface area (Å²) < 4.78 is 0. The van der Waals surface area contributed by atoms with Gasteiger partial charge in [-0.1, -0.05) is 12.1 Å². The highest BCUT2D eigenvalue weighted by molar-refractivity contribution is 5.84. The van der Waals surface area contributed by atoms with Crippen molar-refractivity contribution in [2.75, 3.05) is 37.6 Å². The van der Waals surface area contributed by atoms with E-state index in [4.69, 9.17) is 0 Å². The molecule has 1 aliphatic rings. The lowest BCUT2D eigenvalue weighted by Gasteiger charge is -2.34. The predicted octanol–water partition coefficient (Wildman–Crippen LogP) is 1.77. The maximum absolute atomic E-state index is 12.5. The number of anilines is 1. The van der Waals surface area contributed by atoms with Crippen molar-refractivity contribution < 1.29 is 4.79 Å². The van der Waals surface area contributed by atoms with Crippen molar-refractivity contribution in [2.45, 2.75) is 13.5 Å². The number of carbonyl (C=O) groups excluding carboxylic acids is 1. The molecular weight excluding hydrogens is 352 g/mol. The van der Waals surface area contributed by atoms with Gasteiger partial charge in [0.15, 0.2) is 0 Å². The molecule has 28 heavy (non-hydrogen) atoms. The summed E-state index contributed by atoms with van der Waals surface area (Å²) in [7, 11) is 0. The number of rotatable bonds is 5. The topological polar surface area (TPSA) is 74.2 Å². The van der Waals surface area contributed by atoms with Crippen molar-refractivity contribution in [3.05, 3.63) is 60.0 Å². The number of carbonyl (C=O) groups is 1. The normalized spacial score (nSPS) is 15.0. The molecule has 1 amide bonds. The summed E-state index contributed by atoms with van der Waals surface area (Å²) in [6, 6.07) is 9.89. The minimum atomic E-state index is 0.0460. The van der Waals surface area contributed by atoms with Gasteiger partial charge < -0.3 is 10.2 Å². The highest BCUT2D eigenvalue weighted by atomic mass is 16.2. The number of aromatic nitrogens is 3. The number of pyridine rings is 1. The Morgan fingerprint density at radius 3 is 2.54 bits per heavy atom. The van der Waals surface area contributed by atoms with Gasteiger partial charge in [-0.25, -0.2) is 9.97 Å². The zero-order chi connectivity index (χ0) is 19.3. The van der Waals surface area contributed by atoms with E-state index in [0.29, 0.717) is 13.1 Å². The van der Waals surface area contributed by atoms with Gasteiger partial charge in [-0.05, 0) is 36.2 Å². The van der Waals surface area contributed by atoms with Gasteiger partial charge in [0, 0.05) is 56.7 Å². The minimum absolute atomic E-state index is 0.0460. The second-order valence-corrected chi connectivity index (χ2v) is 7.02. The van der Waals surface area contributed by atoms with E-state index >= 15 is 0 Å². The van der Waals surface area contributed by atoms with Crippen LogP contribution in [-0.2, 0) is 11.3 Å². The number of benzene rings is 1. The van der Waals surface area contributed by atoms with E-state index < -0.39 is 0 Å². The maximum atomic E-state index is 12.5. The third-order valence-corrected chi connectivity index (χ3v) is 5.17. The molecule has 1 aliphatic heterocycles. The zero-order valence-electron chi connectivity index (χ0n) is 16.0. The first-order valence-corrected chi connectivity index (χ1v) is 9.55. The molecule has 0 saturated carbocycles. The molecule has 0 aliphatic carbocycles. The second-order valence-electron chi connectivity index (χ2n) is 7.02. The number of aryl methyl sites for hydroxylation is 1. The summed E-state index contributed by atoms with van der Waals surface area (Å²) in [5.74, 6) is 0.802. The Balaban J connectivity index is 1.31. The molecule has 4 rings (SSSR count). The summed E-state index contributed by atoms with van der Waals surface area (Å²) in [4.78, 5) is 29.8. The van der Waals surface area contributed by atoms with Crippen LogP contribution in [-0.4, -0.2) is 58.5 Å². The van der Waals surface area contributed by atoms with Gasteiger partial charge >= 0.3 is 0 Å². The summed E-state index contributed by atoms with van der Waals surface area (Å²) in [6.45, 7) is 6.29. The number of piperazine rings is 1. The Morgan fingerprint density at radius 2 is 1.75 bits per heavy atom. The van der Waals surface area contributed by atoms with Crippen molar-refractivity contribution in [2.24, 2.45) is 0 Å². The van der Waals surface area contributed by atoms with Crippen molar-refractivity contribution in [1.82, 2.24) is 25.2 Å². The second kappa shape index (κ2) is 8.31. The fourth-order valence-electron chi connectivity index (χ4n) is 3.56. The van der Waals surface area contributed by atoms with Crippen LogP contribution in [0.3, 0.4) is 0 Å². The molecular formula is C21H24N6O. The number of amides is 1. The molecule has 7 nitrogen and oxygen atoms in total. The molecule has 1 saturated heterocycles. The highest BCUT2D eigenvalue weighted by Gasteiger charge is 2.20. The number of fused-ring (bicyclic) bond motifs is 1. The average Bonchev–Trinajstić information content (AvgIpc) is 2.74. The van der Waals surface area contributed by atoms with Gasteiger partial charge in [-0.3, -0.25) is 14.7 Å². The van der Waals surface area contributed by atoms with Crippen LogP contribution in [0, 0.1) is 6.92 Å². The highest BCUT2D eigenvalue weighted by Crippen LogP contribution is 2.20. The largest absolute Gasteiger partial charge is 0.351 e.